The Bertz CT molecular complexity index is 3580. The van der Waals surface area contributed by atoms with Crippen LogP contribution in [0.4, 0.5) is 0 Å². The molecule has 294 valence electrons. The maximum Gasteiger partial charge on any atom is 0.160 e. The van der Waals surface area contributed by atoms with Crippen LogP contribution in [0.5, 0.6) is 0 Å². The highest BCUT2D eigenvalue weighted by molar-refractivity contribution is 6.21. The van der Waals surface area contributed by atoms with Gasteiger partial charge < -0.3 is 4.57 Å². The summed E-state index contributed by atoms with van der Waals surface area (Å²) in [5.41, 5.74) is 15.4. The minimum atomic E-state index is 0.683. The normalized spacial score (nSPS) is 11.5. The molecule has 0 unspecified atom stereocenters. The summed E-state index contributed by atoms with van der Waals surface area (Å²) >= 11 is 0. The van der Waals surface area contributed by atoms with Crippen LogP contribution in [-0.2, 0) is 0 Å². The van der Waals surface area contributed by atoms with E-state index in [4.69, 9.17) is 9.97 Å². The van der Waals surface area contributed by atoms with Gasteiger partial charge in [0.25, 0.3) is 0 Å². The molecule has 0 radical (unpaired) electrons. The second-order valence-corrected chi connectivity index (χ2v) is 16.0. The van der Waals surface area contributed by atoms with Gasteiger partial charge in [-0.15, -0.1) is 0 Å². The summed E-state index contributed by atoms with van der Waals surface area (Å²) in [6, 6.07) is 77.7. The minimum Gasteiger partial charge on any atom is -0.309 e. The van der Waals surface area contributed by atoms with Crippen LogP contribution in [-0.4, -0.2) is 19.5 Å². The molecule has 0 saturated heterocycles. The smallest absolute Gasteiger partial charge is 0.160 e. The molecule has 9 aromatic carbocycles. The summed E-state index contributed by atoms with van der Waals surface area (Å²) in [5.74, 6) is 0.683. The molecule has 4 nitrogen and oxygen atoms in total. The Hall–Kier alpha value is -8.47. The molecule has 63 heavy (non-hydrogen) atoms. The quantitative estimate of drug-likeness (QED) is 0.151. The number of para-hydroxylation sites is 1. The second kappa shape index (κ2) is 15.2. The second-order valence-electron chi connectivity index (χ2n) is 16.0. The van der Waals surface area contributed by atoms with E-state index < -0.39 is 0 Å². The average Bonchev–Trinajstić information content (AvgIpc) is 3.70. The Morgan fingerprint density at radius 2 is 0.746 bits per heavy atom. The first-order valence-electron chi connectivity index (χ1n) is 21.3. The number of rotatable bonds is 7. The lowest BCUT2D eigenvalue weighted by Crippen LogP contribution is -1.96. The van der Waals surface area contributed by atoms with Crippen molar-refractivity contribution in [1.29, 1.82) is 0 Å². The summed E-state index contributed by atoms with van der Waals surface area (Å²) in [5, 5.41) is 7.26. The van der Waals surface area contributed by atoms with Crippen LogP contribution in [0.15, 0.2) is 231 Å². The van der Waals surface area contributed by atoms with Crippen LogP contribution in [0, 0.1) is 0 Å². The molecular weight excluding hydrogens is 765 g/mol. The standard InChI is InChI=1S/C59H38N4/c1-4-14-40(15-5-1)53-37-54(41-26-28-43(29-27-41)58-49-22-12-10-20-47(49)57(42-16-6-2-7-17-42)48-21-11-13-23-50(48)58)62-59(61-53)44-30-24-39(25-31-44)45-32-33-55-51(36-45)52-38-60-35-34-56(52)63(55)46-18-8-3-9-19-46/h1-38H. The molecule has 0 atom stereocenters. The van der Waals surface area contributed by atoms with Gasteiger partial charge in [-0.2, -0.15) is 0 Å². The molecule has 0 bridgehead atoms. The zero-order valence-electron chi connectivity index (χ0n) is 34.2. The Balaban J connectivity index is 0.931. The fourth-order valence-corrected chi connectivity index (χ4v) is 9.36. The van der Waals surface area contributed by atoms with Gasteiger partial charge in [-0.25, -0.2) is 9.97 Å². The zero-order valence-corrected chi connectivity index (χ0v) is 34.2. The zero-order chi connectivity index (χ0) is 41.7. The molecule has 0 amide bonds. The van der Waals surface area contributed by atoms with Crippen LogP contribution in [0.2, 0.25) is 0 Å². The van der Waals surface area contributed by atoms with E-state index in [0.29, 0.717) is 5.82 Å². The predicted molar refractivity (Wildman–Crippen MR) is 262 cm³/mol. The summed E-state index contributed by atoms with van der Waals surface area (Å²) in [4.78, 5) is 14.9. The van der Waals surface area contributed by atoms with E-state index in [0.717, 1.165) is 66.9 Å². The van der Waals surface area contributed by atoms with Gasteiger partial charge in [0.15, 0.2) is 5.82 Å². The Morgan fingerprint density at radius 3 is 1.35 bits per heavy atom. The number of aromatic nitrogens is 4. The highest BCUT2D eigenvalue weighted by Gasteiger charge is 2.18. The molecule has 0 aliphatic carbocycles. The van der Waals surface area contributed by atoms with Crippen LogP contribution in [0.25, 0.3) is 116 Å². The van der Waals surface area contributed by atoms with E-state index in [9.17, 15) is 0 Å². The third-order valence-corrected chi connectivity index (χ3v) is 12.3. The lowest BCUT2D eigenvalue weighted by atomic mass is 9.86. The molecule has 3 aromatic heterocycles. The number of benzene rings is 9. The Morgan fingerprint density at radius 1 is 0.302 bits per heavy atom. The summed E-state index contributed by atoms with van der Waals surface area (Å²) < 4.78 is 2.31. The van der Waals surface area contributed by atoms with E-state index in [1.165, 1.54) is 43.6 Å². The fourth-order valence-electron chi connectivity index (χ4n) is 9.36. The van der Waals surface area contributed by atoms with Gasteiger partial charge in [0.05, 0.1) is 22.4 Å². The number of fused-ring (bicyclic) bond motifs is 5. The molecule has 4 heteroatoms. The summed E-state index contributed by atoms with van der Waals surface area (Å²) in [7, 11) is 0. The molecule has 0 aliphatic heterocycles. The largest absolute Gasteiger partial charge is 0.309 e. The lowest BCUT2D eigenvalue weighted by Gasteiger charge is -2.18. The van der Waals surface area contributed by atoms with E-state index in [1.807, 2.05) is 18.5 Å². The monoisotopic (exact) mass is 802 g/mol. The van der Waals surface area contributed by atoms with E-state index in [1.54, 1.807) is 0 Å². The van der Waals surface area contributed by atoms with Crippen molar-refractivity contribution >= 4 is 43.4 Å². The first-order valence-corrected chi connectivity index (χ1v) is 21.3. The maximum absolute atomic E-state index is 5.24. The molecular formula is C59H38N4. The third kappa shape index (κ3) is 6.36. The van der Waals surface area contributed by atoms with E-state index in [-0.39, 0.29) is 0 Å². The SMILES string of the molecule is c1ccc(-c2cc(-c3ccc(-c4c5ccccc5c(-c5ccccc5)c5ccccc45)cc3)nc(-c3ccc(-c4ccc5c(c4)c4cnccc4n5-c4ccccc4)cc3)n2)cc1. The minimum absolute atomic E-state index is 0.683. The van der Waals surface area contributed by atoms with Crippen molar-refractivity contribution < 1.29 is 0 Å². The van der Waals surface area contributed by atoms with Gasteiger partial charge in [-0.1, -0.05) is 182 Å². The van der Waals surface area contributed by atoms with E-state index in [2.05, 4.69) is 222 Å². The molecule has 0 aliphatic rings. The van der Waals surface area contributed by atoms with Gasteiger partial charge in [-0.05, 0) is 91.3 Å². The molecule has 12 aromatic rings. The average molecular weight is 803 g/mol. The van der Waals surface area contributed by atoms with Crippen molar-refractivity contribution in [2.75, 3.05) is 0 Å². The van der Waals surface area contributed by atoms with Crippen LogP contribution < -0.4 is 0 Å². The van der Waals surface area contributed by atoms with Crippen molar-refractivity contribution in [3.05, 3.63) is 231 Å². The van der Waals surface area contributed by atoms with Gasteiger partial charge in [-0.3, -0.25) is 4.98 Å². The lowest BCUT2D eigenvalue weighted by molar-refractivity contribution is 1.17. The van der Waals surface area contributed by atoms with Gasteiger partial charge >= 0.3 is 0 Å². The Kier molecular flexibility index (Phi) is 8.79. The highest BCUT2D eigenvalue weighted by Crippen LogP contribution is 2.44. The van der Waals surface area contributed by atoms with Gasteiger partial charge in [0, 0.05) is 45.5 Å². The van der Waals surface area contributed by atoms with Crippen LogP contribution >= 0.6 is 0 Å². The van der Waals surface area contributed by atoms with Gasteiger partial charge in [0.2, 0.25) is 0 Å². The fraction of sp³-hybridized carbons (Fsp3) is 0. The molecule has 0 N–H and O–H groups in total. The van der Waals surface area contributed by atoms with Crippen molar-refractivity contribution in [3.63, 3.8) is 0 Å². The van der Waals surface area contributed by atoms with Gasteiger partial charge in [0.1, 0.15) is 0 Å². The Labute approximate surface area is 365 Å². The van der Waals surface area contributed by atoms with Crippen molar-refractivity contribution in [2.45, 2.75) is 0 Å². The highest BCUT2D eigenvalue weighted by atomic mass is 15.0. The summed E-state index contributed by atoms with van der Waals surface area (Å²) in [6.45, 7) is 0. The molecule has 0 fully saturated rings. The summed E-state index contributed by atoms with van der Waals surface area (Å²) in [6.07, 6.45) is 3.84. The van der Waals surface area contributed by atoms with Crippen molar-refractivity contribution in [3.8, 4) is 73.0 Å². The van der Waals surface area contributed by atoms with Crippen LogP contribution in [0.3, 0.4) is 0 Å². The predicted octanol–water partition coefficient (Wildman–Crippen LogP) is 15.3. The van der Waals surface area contributed by atoms with E-state index >= 15 is 0 Å². The number of pyridine rings is 1. The molecule has 0 saturated carbocycles. The third-order valence-electron chi connectivity index (χ3n) is 12.3. The maximum atomic E-state index is 5.24. The molecule has 0 spiro atoms. The first kappa shape index (κ1) is 36.4. The first-order chi connectivity index (χ1) is 31.2. The van der Waals surface area contributed by atoms with Crippen LogP contribution in [0.1, 0.15) is 0 Å². The number of hydrogen-bond acceptors (Lipinski definition) is 3. The molecule has 3 heterocycles. The van der Waals surface area contributed by atoms with Crippen molar-refractivity contribution in [1.82, 2.24) is 19.5 Å². The number of hydrogen-bond donors (Lipinski definition) is 0. The van der Waals surface area contributed by atoms with Crippen molar-refractivity contribution in [2.24, 2.45) is 0 Å². The molecule has 12 rings (SSSR count). The topological polar surface area (TPSA) is 43.6 Å². The number of nitrogens with zero attached hydrogens (tertiary/aromatic N) is 4.